The van der Waals surface area contributed by atoms with Crippen molar-refractivity contribution in [3.63, 3.8) is 0 Å². The molecule has 1 aromatic rings. The van der Waals surface area contributed by atoms with Crippen LogP contribution < -0.4 is 0 Å². The largest absolute Gasteiger partial charge is 0.373 e. The van der Waals surface area contributed by atoms with Gasteiger partial charge < -0.3 is 4.74 Å². The van der Waals surface area contributed by atoms with Crippen LogP contribution in [0.1, 0.15) is 37.0 Å². The van der Waals surface area contributed by atoms with E-state index in [2.05, 4.69) is 6.92 Å². The maximum atomic E-state index is 13.4. The minimum atomic E-state index is -0.815. The highest BCUT2D eigenvalue weighted by molar-refractivity contribution is 5.36. The van der Waals surface area contributed by atoms with Crippen LogP contribution >= 0.6 is 0 Å². The van der Waals surface area contributed by atoms with Crippen molar-refractivity contribution in [3.05, 3.63) is 34.9 Å². The van der Waals surface area contributed by atoms with Crippen molar-refractivity contribution in [2.45, 2.75) is 25.9 Å². The van der Waals surface area contributed by atoms with Crippen LogP contribution in [0.25, 0.3) is 0 Å². The van der Waals surface area contributed by atoms with Gasteiger partial charge in [-0.05, 0) is 36.5 Å². The van der Waals surface area contributed by atoms with Crippen LogP contribution in [0, 0.1) is 28.9 Å². The van der Waals surface area contributed by atoms with Crippen LogP contribution in [-0.4, -0.2) is 6.61 Å². The van der Waals surface area contributed by atoms with Gasteiger partial charge in [0, 0.05) is 6.61 Å². The monoisotopic (exact) mass is 237 g/mol. The van der Waals surface area contributed by atoms with Gasteiger partial charge >= 0.3 is 0 Å². The van der Waals surface area contributed by atoms with Crippen molar-refractivity contribution in [2.75, 3.05) is 6.61 Å². The molecule has 4 heteroatoms. The summed E-state index contributed by atoms with van der Waals surface area (Å²) in [5.41, 5.74) is -0.0520. The molecule has 1 aliphatic heterocycles. The standard InChI is InChI=1S/C13H13F2NO/c1-8-2-3-13(17-7-8)9-4-11(14)10(6-16)12(15)5-9/h4-5,8,13H,2-3,7H2,1H3. The molecule has 1 fully saturated rings. The summed E-state index contributed by atoms with van der Waals surface area (Å²) in [6.45, 7) is 2.68. The molecule has 0 bridgehead atoms. The lowest BCUT2D eigenvalue weighted by Gasteiger charge is -2.27. The van der Waals surface area contributed by atoms with Crippen molar-refractivity contribution < 1.29 is 13.5 Å². The van der Waals surface area contributed by atoms with Crippen molar-refractivity contribution >= 4 is 0 Å². The SMILES string of the molecule is CC1CCC(c2cc(F)c(C#N)c(F)c2)OC1. The number of hydrogen-bond donors (Lipinski definition) is 0. The Balaban J connectivity index is 2.26. The second-order valence-corrected chi connectivity index (χ2v) is 4.48. The Labute approximate surface area is 98.8 Å². The summed E-state index contributed by atoms with van der Waals surface area (Å²) in [5, 5.41) is 8.57. The van der Waals surface area contributed by atoms with Crippen LogP contribution in [0.5, 0.6) is 0 Å². The maximum Gasteiger partial charge on any atom is 0.144 e. The molecule has 0 spiro atoms. The van der Waals surface area contributed by atoms with E-state index in [4.69, 9.17) is 10.00 Å². The average Bonchev–Trinajstić information content (AvgIpc) is 2.29. The van der Waals surface area contributed by atoms with Crippen molar-refractivity contribution in [1.82, 2.24) is 0 Å². The van der Waals surface area contributed by atoms with Gasteiger partial charge in [-0.15, -0.1) is 0 Å². The van der Waals surface area contributed by atoms with E-state index in [1.807, 2.05) is 0 Å². The van der Waals surface area contributed by atoms with E-state index in [0.29, 0.717) is 18.1 Å². The van der Waals surface area contributed by atoms with Crippen molar-refractivity contribution in [2.24, 2.45) is 5.92 Å². The molecule has 0 aliphatic carbocycles. The molecule has 1 heterocycles. The zero-order valence-electron chi connectivity index (χ0n) is 9.54. The lowest BCUT2D eigenvalue weighted by Crippen LogP contribution is -2.18. The molecule has 0 saturated carbocycles. The molecular formula is C13H13F2NO. The fraction of sp³-hybridized carbons (Fsp3) is 0.462. The second kappa shape index (κ2) is 4.80. The number of benzene rings is 1. The molecular weight excluding hydrogens is 224 g/mol. The van der Waals surface area contributed by atoms with E-state index in [0.717, 1.165) is 12.8 Å². The Hall–Kier alpha value is -1.47. The second-order valence-electron chi connectivity index (χ2n) is 4.48. The third kappa shape index (κ3) is 2.45. The normalized spacial score (nSPS) is 24.4. The third-order valence-electron chi connectivity index (χ3n) is 3.05. The van der Waals surface area contributed by atoms with Gasteiger partial charge in [0.15, 0.2) is 0 Å². The molecule has 0 aromatic heterocycles. The first kappa shape index (κ1) is 12.0. The summed E-state index contributed by atoms with van der Waals surface area (Å²) in [5.74, 6) is -1.14. The van der Waals surface area contributed by atoms with Crippen LogP contribution in [0.4, 0.5) is 8.78 Å². The molecule has 17 heavy (non-hydrogen) atoms. The third-order valence-corrected chi connectivity index (χ3v) is 3.05. The highest BCUT2D eigenvalue weighted by atomic mass is 19.1. The number of rotatable bonds is 1. The molecule has 1 saturated heterocycles. The molecule has 2 atom stereocenters. The Morgan fingerprint density at radius 2 is 1.94 bits per heavy atom. The summed E-state index contributed by atoms with van der Waals surface area (Å²) in [6.07, 6.45) is 1.47. The summed E-state index contributed by atoms with van der Waals surface area (Å²) in [6, 6.07) is 3.90. The van der Waals surface area contributed by atoms with E-state index in [-0.39, 0.29) is 6.10 Å². The van der Waals surface area contributed by atoms with Gasteiger partial charge in [-0.1, -0.05) is 6.92 Å². The van der Waals surface area contributed by atoms with Gasteiger partial charge in [0.2, 0.25) is 0 Å². The topological polar surface area (TPSA) is 33.0 Å². The molecule has 1 aliphatic rings. The van der Waals surface area contributed by atoms with Crippen LogP contribution in [0.3, 0.4) is 0 Å². The number of hydrogen-bond acceptors (Lipinski definition) is 2. The molecule has 90 valence electrons. The van der Waals surface area contributed by atoms with E-state index < -0.39 is 17.2 Å². The zero-order valence-corrected chi connectivity index (χ0v) is 9.54. The number of nitriles is 1. The lowest BCUT2D eigenvalue weighted by atomic mass is 9.95. The number of nitrogens with zero attached hydrogens (tertiary/aromatic N) is 1. The molecule has 2 unspecified atom stereocenters. The zero-order chi connectivity index (χ0) is 12.4. The molecule has 0 amide bonds. The summed E-state index contributed by atoms with van der Waals surface area (Å²) in [7, 11) is 0. The lowest BCUT2D eigenvalue weighted by molar-refractivity contribution is -0.0126. The van der Waals surface area contributed by atoms with Gasteiger partial charge in [0.05, 0.1) is 6.10 Å². The van der Waals surface area contributed by atoms with Gasteiger partial charge in [-0.2, -0.15) is 5.26 Å². The Morgan fingerprint density at radius 3 is 2.41 bits per heavy atom. The number of ether oxygens (including phenoxy) is 1. The highest BCUT2D eigenvalue weighted by Gasteiger charge is 2.22. The Morgan fingerprint density at radius 1 is 1.29 bits per heavy atom. The van der Waals surface area contributed by atoms with E-state index in [1.54, 1.807) is 0 Å². The highest BCUT2D eigenvalue weighted by Crippen LogP contribution is 2.31. The smallest absolute Gasteiger partial charge is 0.144 e. The van der Waals surface area contributed by atoms with E-state index >= 15 is 0 Å². The predicted octanol–water partition coefficient (Wildman–Crippen LogP) is 3.32. The van der Waals surface area contributed by atoms with Crippen molar-refractivity contribution in [1.29, 1.82) is 5.26 Å². The first-order valence-electron chi connectivity index (χ1n) is 5.62. The predicted molar refractivity (Wildman–Crippen MR) is 58.2 cm³/mol. The van der Waals surface area contributed by atoms with Crippen LogP contribution in [0.15, 0.2) is 12.1 Å². The van der Waals surface area contributed by atoms with E-state index in [9.17, 15) is 8.78 Å². The summed E-state index contributed by atoms with van der Waals surface area (Å²) >= 11 is 0. The minimum absolute atomic E-state index is 0.261. The van der Waals surface area contributed by atoms with Gasteiger partial charge in [0.1, 0.15) is 23.3 Å². The van der Waals surface area contributed by atoms with Gasteiger partial charge in [-0.25, -0.2) is 8.78 Å². The first-order valence-corrected chi connectivity index (χ1v) is 5.62. The molecule has 0 radical (unpaired) electrons. The first-order chi connectivity index (χ1) is 8.11. The van der Waals surface area contributed by atoms with Gasteiger partial charge in [0.25, 0.3) is 0 Å². The van der Waals surface area contributed by atoms with Gasteiger partial charge in [-0.3, -0.25) is 0 Å². The quantitative estimate of drug-likeness (QED) is 0.750. The molecule has 2 rings (SSSR count). The fourth-order valence-electron chi connectivity index (χ4n) is 2.03. The number of halogens is 2. The van der Waals surface area contributed by atoms with Crippen LogP contribution in [-0.2, 0) is 4.74 Å². The van der Waals surface area contributed by atoms with Crippen LogP contribution in [0.2, 0.25) is 0 Å². The summed E-state index contributed by atoms with van der Waals surface area (Å²) in [4.78, 5) is 0. The molecule has 0 N–H and O–H groups in total. The Bertz CT molecular complexity index is 436. The fourth-order valence-corrected chi connectivity index (χ4v) is 2.03. The summed E-state index contributed by atoms with van der Waals surface area (Å²) < 4.78 is 32.4. The molecule has 2 nitrogen and oxygen atoms in total. The van der Waals surface area contributed by atoms with Crippen molar-refractivity contribution in [3.8, 4) is 6.07 Å². The average molecular weight is 237 g/mol. The maximum absolute atomic E-state index is 13.4. The minimum Gasteiger partial charge on any atom is -0.373 e. The van der Waals surface area contributed by atoms with E-state index in [1.165, 1.54) is 18.2 Å². The Kier molecular flexibility index (Phi) is 3.39. The molecule has 1 aromatic carbocycles.